The molecular weight excluding hydrogens is 422 g/mol. The summed E-state index contributed by atoms with van der Waals surface area (Å²) in [7, 11) is 0. The van der Waals surface area contributed by atoms with Crippen LogP contribution in [-0.2, 0) is 17.8 Å². The molecule has 0 saturated carbocycles. The van der Waals surface area contributed by atoms with Crippen LogP contribution in [0.25, 0.3) is 21.5 Å². The lowest BCUT2D eigenvalue weighted by atomic mass is 10.1. The summed E-state index contributed by atoms with van der Waals surface area (Å²) in [5.74, 6) is -0.464. The number of thiophene rings is 1. The Hall–Kier alpha value is -3.58. The van der Waals surface area contributed by atoms with Crippen molar-refractivity contribution in [3.05, 3.63) is 77.2 Å². The number of hydrogen-bond donors (Lipinski definition) is 2. The molecule has 4 rings (SSSR count). The van der Waals surface area contributed by atoms with Gasteiger partial charge in [-0.05, 0) is 43.5 Å². The van der Waals surface area contributed by atoms with Gasteiger partial charge in [0.05, 0.1) is 28.4 Å². The molecule has 0 unspecified atom stereocenters. The summed E-state index contributed by atoms with van der Waals surface area (Å²) in [6.45, 7) is 5.33. The number of nitrogens with one attached hydrogen (secondary N) is 2. The average molecular weight is 448 g/mol. The van der Waals surface area contributed by atoms with E-state index in [1.165, 1.54) is 0 Å². The van der Waals surface area contributed by atoms with E-state index in [0.29, 0.717) is 17.8 Å². The van der Waals surface area contributed by atoms with Crippen molar-refractivity contribution in [2.75, 3.05) is 11.9 Å². The fourth-order valence-corrected chi connectivity index (χ4v) is 4.70. The first-order valence-corrected chi connectivity index (χ1v) is 11.5. The third kappa shape index (κ3) is 4.24. The Balaban J connectivity index is 1.60. The Kier molecular flexibility index (Phi) is 6.56. The minimum atomic E-state index is -0.464. The Morgan fingerprint density at radius 3 is 2.53 bits per heavy atom. The Bertz CT molecular complexity index is 1240. The second kappa shape index (κ2) is 9.70. The minimum Gasteiger partial charge on any atom is -0.462 e. The number of ether oxygens (including phenoxy) is 1. The van der Waals surface area contributed by atoms with Crippen LogP contribution in [0.5, 0.6) is 0 Å². The molecule has 4 aromatic rings. The van der Waals surface area contributed by atoms with Crippen LogP contribution >= 0.6 is 11.3 Å². The first-order chi connectivity index (χ1) is 15.6. The molecule has 7 heteroatoms. The van der Waals surface area contributed by atoms with Gasteiger partial charge in [0.1, 0.15) is 0 Å². The number of amides is 2. The van der Waals surface area contributed by atoms with E-state index in [9.17, 15) is 9.59 Å². The van der Waals surface area contributed by atoms with E-state index in [1.807, 2.05) is 18.2 Å². The second-order valence-electron chi connectivity index (χ2n) is 7.14. The molecule has 0 saturated heterocycles. The number of carbonyl (C=O) groups excluding carboxylic acids is 2. The van der Waals surface area contributed by atoms with Crippen LogP contribution in [0.2, 0.25) is 0 Å². The topological polar surface area (TPSA) is 72.4 Å². The zero-order valence-corrected chi connectivity index (χ0v) is 18.9. The number of fused-ring (bicyclic) bond motifs is 1. The molecule has 0 aliphatic carbocycles. The van der Waals surface area contributed by atoms with Crippen molar-refractivity contribution < 1.29 is 14.3 Å². The predicted octanol–water partition coefficient (Wildman–Crippen LogP) is 5.89. The van der Waals surface area contributed by atoms with E-state index in [-0.39, 0.29) is 12.6 Å². The van der Waals surface area contributed by atoms with Crippen LogP contribution in [0.15, 0.2) is 66.0 Å². The molecule has 0 radical (unpaired) electrons. The number of aromatic nitrogens is 1. The number of carbonyl (C=O) groups is 2. The third-order valence-corrected chi connectivity index (χ3v) is 6.12. The third-order valence-electron chi connectivity index (χ3n) is 5.24. The normalized spacial score (nSPS) is 10.8. The molecule has 2 heterocycles. The van der Waals surface area contributed by atoms with Gasteiger partial charge >= 0.3 is 12.0 Å². The van der Waals surface area contributed by atoms with Crippen molar-refractivity contribution in [3.8, 4) is 10.6 Å². The van der Waals surface area contributed by atoms with Crippen LogP contribution in [0.1, 0.15) is 29.8 Å². The Labute approximate surface area is 190 Å². The molecule has 0 bridgehead atoms. The van der Waals surface area contributed by atoms with Gasteiger partial charge in [-0.3, -0.25) is 0 Å². The van der Waals surface area contributed by atoms with Crippen molar-refractivity contribution in [2.24, 2.45) is 0 Å². The van der Waals surface area contributed by atoms with Crippen molar-refractivity contribution in [1.82, 2.24) is 9.88 Å². The number of anilines is 1. The molecule has 164 valence electrons. The number of para-hydroxylation sites is 2. The lowest BCUT2D eigenvalue weighted by Gasteiger charge is -2.12. The maximum Gasteiger partial charge on any atom is 0.340 e. The SMILES string of the molecule is CCOC(=O)c1ccccc1NC(=O)NCc1c(-c2cccs2)n(CC)c2ccccc12. The second-order valence-corrected chi connectivity index (χ2v) is 8.09. The van der Waals surface area contributed by atoms with E-state index in [4.69, 9.17) is 4.74 Å². The van der Waals surface area contributed by atoms with Gasteiger partial charge in [0.15, 0.2) is 0 Å². The highest BCUT2D eigenvalue weighted by Crippen LogP contribution is 2.36. The largest absolute Gasteiger partial charge is 0.462 e. The summed E-state index contributed by atoms with van der Waals surface area (Å²) >= 11 is 1.68. The van der Waals surface area contributed by atoms with E-state index >= 15 is 0 Å². The quantitative estimate of drug-likeness (QED) is 0.347. The van der Waals surface area contributed by atoms with Gasteiger partial charge in [-0.15, -0.1) is 11.3 Å². The number of benzene rings is 2. The molecule has 0 aliphatic heterocycles. The smallest absolute Gasteiger partial charge is 0.340 e. The molecule has 2 N–H and O–H groups in total. The highest BCUT2D eigenvalue weighted by Gasteiger charge is 2.19. The maximum atomic E-state index is 12.8. The number of hydrogen-bond acceptors (Lipinski definition) is 4. The lowest BCUT2D eigenvalue weighted by Crippen LogP contribution is -2.29. The van der Waals surface area contributed by atoms with Gasteiger partial charge in [-0.25, -0.2) is 9.59 Å². The van der Waals surface area contributed by atoms with Crippen LogP contribution in [-0.4, -0.2) is 23.2 Å². The standard InChI is InChI=1S/C25H25N3O3S/c1-3-28-21-13-8-6-10-17(21)19(23(28)22-14-9-15-32-22)16-26-25(30)27-20-12-7-5-11-18(20)24(29)31-4-2/h5-15H,3-4,16H2,1-2H3,(H2,26,27,30). The van der Waals surface area contributed by atoms with Crippen molar-refractivity contribution >= 4 is 39.9 Å². The molecule has 2 aromatic carbocycles. The molecule has 0 aliphatic rings. The molecular formula is C25H25N3O3S. The van der Waals surface area contributed by atoms with Gasteiger partial charge in [0.25, 0.3) is 0 Å². The first kappa shape index (κ1) is 21.6. The van der Waals surface area contributed by atoms with E-state index < -0.39 is 5.97 Å². The van der Waals surface area contributed by atoms with E-state index in [2.05, 4.69) is 45.7 Å². The van der Waals surface area contributed by atoms with Crippen LogP contribution < -0.4 is 10.6 Å². The van der Waals surface area contributed by atoms with Crippen molar-refractivity contribution in [1.29, 1.82) is 0 Å². The zero-order valence-electron chi connectivity index (χ0n) is 18.1. The van der Waals surface area contributed by atoms with E-state index in [1.54, 1.807) is 42.5 Å². The minimum absolute atomic E-state index is 0.270. The number of aryl methyl sites for hydroxylation is 1. The highest BCUT2D eigenvalue weighted by atomic mass is 32.1. The molecule has 6 nitrogen and oxygen atoms in total. The highest BCUT2D eigenvalue weighted by molar-refractivity contribution is 7.13. The summed E-state index contributed by atoms with van der Waals surface area (Å²) in [5, 5.41) is 8.93. The molecule has 2 aromatic heterocycles. The van der Waals surface area contributed by atoms with Crippen LogP contribution in [0.3, 0.4) is 0 Å². The van der Waals surface area contributed by atoms with Gasteiger partial charge in [-0.2, -0.15) is 0 Å². The van der Waals surface area contributed by atoms with Gasteiger partial charge in [-0.1, -0.05) is 36.4 Å². The van der Waals surface area contributed by atoms with E-state index in [0.717, 1.165) is 33.6 Å². The molecule has 0 spiro atoms. The number of nitrogens with zero attached hydrogens (tertiary/aromatic N) is 1. The van der Waals surface area contributed by atoms with Crippen molar-refractivity contribution in [3.63, 3.8) is 0 Å². The van der Waals surface area contributed by atoms with Gasteiger partial charge < -0.3 is 19.9 Å². The molecule has 0 atom stereocenters. The molecule has 0 fully saturated rings. The molecule has 2 amide bonds. The monoisotopic (exact) mass is 447 g/mol. The number of esters is 1. The van der Waals surface area contributed by atoms with Crippen LogP contribution in [0, 0.1) is 0 Å². The Morgan fingerprint density at radius 2 is 1.78 bits per heavy atom. The number of rotatable bonds is 7. The fraction of sp³-hybridized carbons (Fsp3) is 0.200. The van der Waals surface area contributed by atoms with Gasteiger partial charge in [0, 0.05) is 29.6 Å². The lowest BCUT2D eigenvalue weighted by molar-refractivity contribution is 0.0527. The summed E-state index contributed by atoms with van der Waals surface area (Å²) in [6.07, 6.45) is 0. The predicted molar refractivity (Wildman–Crippen MR) is 129 cm³/mol. The van der Waals surface area contributed by atoms with Crippen molar-refractivity contribution in [2.45, 2.75) is 26.9 Å². The summed E-state index contributed by atoms with van der Waals surface area (Å²) in [6, 6.07) is 18.8. The first-order valence-electron chi connectivity index (χ1n) is 10.6. The Morgan fingerprint density at radius 1 is 1.00 bits per heavy atom. The van der Waals surface area contributed by atoms with Gasteiger partial charge in [0.2, 0.25) is 0 Å². The number of urea groups is 1. The fourth-order valence-electron chi connectivity index (χ4n) is 3.89. The summed E-state index contributed by atoms with van der Waals surface area (Å²) in [5.41, 5.74) is 4.07. The summed E-state index contributed by atoms with van der Waals surface area (Å²) in [4.78, 5) is 26.1. The average Bonchev–Trinajstić information content (AvgIpc) is 3.44. The molecule has 32 heavy (non-hydrogen) atoms. The van der Waals surface area contributed by atoms with Crippen LogP contribution in [0.4, 0.5) is 10.5 Å². The zero-order chi connectivity index (χ0) is 22.5. The maximum absolute atomic E-state index is 12.8. The summed E-state index contributed by atoms with van der Waals surface area (Å²) < 4.78 is 7.37.